The summed E-state index contributed by atoms with van der Waals surface area (Å²) in [4.78, 5) is 19.7. The van der Waals surface area contributed by atoms with Gasteiger partial charge < -0.3 is 14.5 Å². The molecular formula is C19H22BrN3O5S. The zero-order valence-electron chi connectivity index (χ0n) is 16.3. The normalized spacial score (nSPS) is 12.8. The molecule has 1 N–H and O–H groups in total. The third-order valence-corrected chi connectivity index (χ3v) is 5.81. The van der Waals surface area contributed by atoms with E-state index in [2.05, 4.69) is 25.9 Å². The number of pyridine rings is 1. The monoisotopic (exact) mass is 483 g/mol. The maximum absolute atomic E-state index is 12.6. The van der Waals surface area contributed by atoms with E-state index in [1.807, 2.05) is 19.1 Å². The number of H-pyrrole nitrogens is 1. The Balaban J connectivity index is 2.07. The minimum atomic E-state index is -3.36. The predicted octanol–water partition coefficient (Wildman–Crippen LogP) is 2.72. The van der Waals surface area contributed by atoms with E-state index in [-0.39, 0.29) is 5.75 Å². The summed E-state index contributed by atoms with van der Waals surface area (Å²) in [5, 5.41) is 0. The van der Waals surface area contributed by atoms with Crippen molar-refractivity contribution >= 4 is 36.9 Å². The van der Waals surface area contributed by atoms with E-state index in [4.69, 9.17) is 9.47 Å². The Hall–Kier alpha value is -2.33. The Bertz CT molecular complexity index is 1190. The largest absolute Gasteiger partial charge is 0.493 e. The molecule has 3 rings (SSSR count). The van der Waals surface area contributed by atoms with Crippen molar-refractivity contribution in [3.63, 3.8) is 0 Å². The lowest BCUT2D eigenvalue weighted by molar-refractivity contribution is 0.310. The third kappa shape index (κ3) is 4.99. The fourth-order valence-corrected chi connectivity index (χ4v) is 4.59. The van der Waals surface area contributed by atoms with Gasteiger partial charge in [0.1, 0.15) is 9.84 Å². The van der Waals surface area contributed by atoms with Crippen LogP contribution in [0, 0.1) is 0 Å². The summed E-state index contributed by atoms with van der Waals surface area (Å²) < 4.78 is 37.2. The second-order valence-electron chi connectivity index (χ2n) is 6.69. The number of halogens is 1. The second kappa shape index (κ2) is 8.58. The van der Waals surface area contributed by atoms with Crippen molar-refractivity contribution < 1.29 is 17.9 Å². The van der Waals surface area contributed by atoms with E-state index in [9.17, 15) is 13.2 Å². The highest BCUT2D eigenvalue weighted by atomic mass is 79.9. The molecule has 0 saturated heterocycles. The highest BCUT2D eigenvalue weighted by Gasteiger charge is 2.23. The van der Waals surface area contributed by atoms with Gasteiger partial charge in [-0.2, -0.15) is 0 Å². The van der Waals surface area contributed by atoms with Crippen molar-refractivity contribution in [2.45, 2.75) is 19.4 Å². The highest BCUT2D eigenvalue weighted by Crippen LogP contribution is 2.30. The smallest absolute Gasteiger partial charge is 0.327 e. The molecule has 156 valence electrons. The first-order valence-electron chi connectivity index (χ1n) is 8.95. The second-order valence-corrected chi connectivity index (χ2v) is 9.79. The number of imidazole rings is 1. The maximum atomic E-state index is 12.6. The predicted molar refractivity (Wildman–Crippen MR) is 115 cm³/mol. The van der Waals surface area contributed by atoms with Crippen LogP contribution < -0.4 is 15.2 Å². The summed E-state index contributed by atoms with van der Waals surface area (Å²) in [7, 11) is -1.81. The summed E-state index contributed by atoms with van der Waals surface area (Å²) >= 11 is 3.33. The van der Waals surface area contributed by atoms with Gasteiger partial charge >= 0.3 is 5.69 Å². The number of hydrogen-bond donors (Lipinski definition) is 1. The van der Waals surface area contributed by atoms with Gasteiger partial charge in [0.25, 0.3) is 0 Å². The SMILES string of the molecule is CCOc1cc(CC(CS(C)(=O)=O)n2c(=O)[nH]c3cc(Br)cnc32)ccc1OC. The first-order valence-corrected chi connectivity index (χ1v) is 11.8. The first-order chi connectivity index (χ1) is 13.7. The number of aromatic nitrogens is 3. The summed E-state index contributed by atoms with van der Waals surface area (Å²) in [6.45, 7) is 2.33. The molecule has 1 unspecified atom stereocenters. The van der Waals surface area contributed by atoms with Crippen LogP contribution in [0.3, 0.4) is 0 Å². The molecule has 3 aromatic rings. The zero-order valence-corrected chi connectivity index (χ0v) is 18.7. The van der Waals surface area contributed by atoms with Crippen LogP contribution in [0.25, 0.3) is 11.2 Å². The number of sulfone groups is 1. The van der Waals surface area contributed by atoms with Gasteiger partial charge in [0.05, 0.1) is 31.0 Å². The number of nitrogens with zero attached hydrogens (tertiary/aromatic N) is 2. The molecule has 29 heavy (non-hydrogen) atoms. The van der Waals surface area contributed by atoms with E-state index in [1.165, 1.54) is 4.57 Å². The van der Waals surface area contributed by atoms with Crippen LogP contribution in [-0.2, 0) is 16.3 Å². The minimum Gasteiger partial charge on any atom is -0.493 e. The Morgan fingerprint density at radius 3 is 2.69 bits per heavy atom. The Labute approximate surface area is 176 Å². The van der Waals surface area contributed by atoms with Crippen molar-refractivity contribution in [2.24, 2.45) is 0 Å². The van der Waals surface area contributed by atoms with Gasteiger partial charge in [0.2, 0.25) is 0 Å². The minimum absolute atomic E-state index is 0.201. The average Bonchev–Trinajstić information content (AvgIpc) is 2.95. The number of methoxy groups -OCH3 is 1. The van der Waals surface area contributed by atoms with Gasteiger partial charge in [-0.3, -0.25) is 4.57 Å². The number of nitrogens with one attached hydrogen (secondary N) is 1. The van der Waals surface area contributed by atoms with Gasteiger partial charge in [-0.15, -0.1) is 0 Å². The van der Waals surface area contributed by atoms with Crippen LogP contribution in [0.4, 0.5) is 0 Å². The van der Waals surface area contributed by atoms with E-state index < -0.39 is 21.6 Å². The molecule has 0 saturated carbocycles. The van der Waals surface area contributed by atoms with Gasteiger partial charge in [-0.1, -0.05) is 6.07 Å². The standard InChI is InChI=1S/C19H22BrN3O5S/c1-4-28-17-8-12(5-6-16(17)27-2)7-14(11-29(3,25)26)23-18-15(22-19(23)24)9-13(20)10-21-18/h5-6,8-10,14H,4,7,11H2,1-3H3,(H,22,24). The Kier molecular flexibility index (Phi) is 6.33. The van der Waals surface area contributed by atoms with Crippen LogP contribution in [-0.4, -0.2) is 48.7 Å². The molecular weight excluding hydrogens is 462 g/mol. The average molecular weight is 484 g/mol. The van der Waals surface area contributed by atoms with Gasteiger partial charge in [0.15, 0.2) is 17.1 Å². The van der Waals surface area contributed by atoms with Crippen molar-refractivity contribution in [1.82, 2.24) is 14.5 Å². The number of rotatable bonds is 8. The number of benzene rings is 1. The number of ether oxygens (including phenoxy) is 2. The van der Waals surface area contributed by atoms with Crippen molar-refractivity contribution in [3.05, 3.63) is 51.0 Å². The lowest BCUT2D eigenvalue weighted by atomic mass is 10.1. The topological polar surface area (TPSA) is 103 Å². The fraction of sp³-hybridized carbons (Fsp3) is 0.368. The molecule has 0 spiro atoms. The third-order valence-electron chi connectivity index (χ3n) is 4.38. The molecule has 0 aliphatic carbocycles. The lowest BCUT2D eigenvalue weighted by Gasteiger charge is -2.19. The van der Waals surface area contributed by atoms with Crippen LogP contribution in [0.5, 0.6) is 11.5 Å². The number of hydrogen-bond acceptors (Lipinski definition) is 6. The van der Waals surface area contributed by atoms with Crippen LogP contribution >= 0.6 is 15.9 Å². The summed E-state index contributed by atoms with van der Waals surface area (Å²) in [5.41, 5.74) is 1.36. The molecule has 0 radical (unpaired) electrons. The summed E-state index contributed by atoms with van der Waals surface area (Å²) in [6.07, 6.45) is 3.04. The molecule has 0 amide bonds. The first kappa shape index (κ1) is 21.4. The van der Waals surface area contributed by atoms with E-state index in [0.717, 1.165) is 16.3 Å². The molecule has 10 heteroatoms. The molecule has 0 bridgehead atoms. The quantitative estimate of drug-likeness (QED) is 0.528. The lowest BCUT2D eigenvalue weighted by Crippen LogP contribution is -2.29. The van der Waals surface area contributed by atoms with Crippen molar-refractivity contribution in [3.8, 4) is 11.5 Å². The highest BCUT2D eigenvalue weighted by molar-refractivity contribution is 9.10. The molecule has 8 nitrogen and oxygen atoms in total. The van der Waals surface area contributed by atoms with Crippen LogP contribution in [0.15, 0.2) is 39.7 Å². The molecule has 0 aliphatic rings. The number of fused-ring (bicyclic) bond motifs is 1. The number of aromatic amines is 1. The van der Waals surface area contributed by atoms with Crippen molar-refractivity contribution in [1.29, 1.82) is 0 Å². The molecule has 2 aromatic heterocycles. The summed E-state index contributed by atoms with van der Waals surface area (Å²) in [6, 6.07) is 6.51. The molecule has 1 atom stereocenters. The van der Waals surface area contributed by atoms with Crippen molar-refractivity contribution in [2.75, 3.05) is 25.7 Å². The van der Waals surface area contributed by atoms with Crippen LogP contribution in [0.1, 0.15) is 18.5 Å². The Morgan fingerprint density at radius 1 is 1.28 bits per heavy atom. The Morgan fingerprint density at radius 2 is 2.03 bits per heavy atom. The van der Waals surface area contributed by atoms with E-state index in [0.29, 0.717) is 35.7 Å². The van der Waals surface area contributed by atoms with E-state index >= 15 is 0 Å². The maximum Gasteiger partial charge on any atom is 0.327 e. The van der Waals surface area contributed by atoms with E-state index in [1.54, 1.807) is 25.4 Å². The summed E-state index contributed by atoms with van der Waals surface area (Å²) in [5.74, 6) is 0.957. The van der Waals surface area contributed by atoms with Crippen LogP contribution in [0.2, 0.25) is 0 Å². The zero-order chi connectivity index (χ0) is 21.2. The van der Waals surface area contributed by atoms with Gasteiger partial charge in [-0.05, 0) is 53.0 Å². The fourth-order valence-electron chi connectivity index (χ4n) is 3.29. The molecule has 1 aromatic carbocycles. The van der Waals surface area contributed by atoms with Gasteiger partial charge in [-0.25, -0.2) is 18.2 Å². The molecule has 0 aliphatic heterocycles. The molecule has 2 heterocycles. The van der Waals surface area contributed by atoms with Gasteiger partial charge in [0, 0.05) is 16.9 Å². The molecule has 0 fully saturated rings.